The molecule has 1 aromatic heterocycles. The smallest absolute Gasteiger partial charge is 0.239 e. The lowest BCUT2D eigenvalue weighted by atomic mass is 10.2. The van der Waals surface area contributed by atoms with Crippen LogP contribution in [-0.4, -0.2) is 41.0 Å². The van der Waals surface area contributed by atoms with Gasteiger partial charge >= 0.3 is 0 Å². The molecule has 6 heteroatoms. The van der Waals surface area contributed by atoms with Crippen molar-refractivity contribution in [1.82, 2.24) is 14.9 Å². The van der Waals surface area contributed by atoms with E-state index in [0.29, 0.717) is 5.95 Å². The Morgan fingerprint density at radius 2 is 1.90 bits per heavy atom. The van der Waals surface area contributed by atoms with Crippen molar-refractivity contribution in [2.45, 2.75) is 13.8 Å². The molecule has 4 N–H and O–H groups in total. The summed E-state index contributed by atoms with van der Waals surface area (Å²) in [6, 6.07) is 7.90. The van der Waals surface area contributed by atoms with Gasteiger partial charge in [0, 0.05) is 18.5 Å². The van der Waals surface area contributed by atoms with Crippen molar-refractivity contribution in [1.29, 1.82) is 0 Å². The van der Waals surface area contributed by atoms with E-state index in [-0.39, 0.29) is 0 Å². The number of hydrogen-bond donors (Lipinski definition) is 3. The molecule has 0 unspecified atom stereocenters. The van der Waals surface area contributed by atoms with Crippen LogP contribution in [-0.2, 0) is 0 Å². The van der Waals surface area contributed by atoms with Gasteiger partial charge in [0.25, 0.3) is 0 Å². The van der Waals surface area contributed by atoms with Crippen LogP contribution in [0, 0.1) is 0 Å². The molecule has 108 valence electrons. The molecule has 1 aromatic carbocycles. The Morgan fingerprint density at radius 1 is 1.15 bits per heavy atom. The fourth-order valence-corrected chi connectivity index (χ4v) is 2.15. The zero-order valence-electron chi connectivity index (χ0n) is 12.1. The number of nitrogens with one attached hydrogen (secondary N) is 2. The number of para-hydroxylation sites is 1. The molecule has 1 heterocycles. The van der Waals surface area contributed by atoms with Crippen molar-refractivity contribution in [3.05, 3.63) is 24.3 Å². The van der Waals surface area contributed by atoms with Crippen molar-refractivity contribution >= 4 is 22.7 Å². The van der Waals surface area contributed by atoms with Crippen LogP contribution in [0.15, 0.2) is 24.3 Å². The predicted molar refractivity (Wildman–Crippen MR) is 83.6 cm³/mol. The molecule has 0 saturated carbocycles. The van der Waals surface area contributed by atoms with Crippen molar-refractivity contribution in [2.75, 3.05) is 36.9 Å². The van der Waals surface area contributed by atoms with Crippen LogP contribution < -0.4 is 16.6 Å². The summed E-state index contributed by atoms with van der Waals surface area (Å²) in [5.41, 5.74) is 3.38. The highest BCUT2D eigenvalue weighted by Gasteiger charge is 2.06. The third kappa shape index (κ3) is 3.34. The number of nitrogens with zero attached hydrogens (tertiary/aromatic N) is 3. The summed E-state index contributed by atoms with van der Waals surface area (Å²) in [5.74, 6) is 6.66. The van der Waals surface area contributed by atoms with Gasteiger partial charge in [0.2, 0.25) is 5.95 Å². The fourth-order valence-electron chi connectivity index (χ4n) is 2.15. The van der Waals surface area contributed by atoms with Gasteiger partial charge in [0.05, 0.1) is 5.52 Å². The Hall–Kier alpha value is -1.92. The monoisotopic (exact) mass is 274 g/mol. The molecular weight excluding hydrogens is 252 g/mol. The maximum Gasteiger partial charge on any atom is 0.239 e. The number of hydrogen-bond acceptors (Lipinski definition) is 6. The molecule has 0 aliphatic carbocycles. The van der Waals surface area contributed by atoms with Gasteiger partial charge < -0.3 is 10.2 Å². The Balaban J connectivity index is 2.15. The van der Waals surface area contributed by atoms with Gasteiger partial charge in [-0.15, -0.1) is 0 Å². The lowest BCUT2D eigenvalue weighted by molar-refractivity contribution is 0.316. The molecule has 2 aromatic rings. The third-order valence-electron chi connectivity index (χ3n) is 3.35. The number of nitrogens with two attached hydrogens (primary N) is 1. The number of hydrazine groups is 1. The van der Waals surface area contributed by atoms with Crippen LogP contribution in [0.4, 0.5) is 11.8 Å². The summed E-state index contributed by atoms with van der Waals surface area (Å²) in [4.78, 5) is 11.1. The zero-order valence-corrected chi connectivity index (χ0v) is 12.1. The van der Waals surface area contributed by atoms with Gasteiger partial charge in [0.1, 0.15) is 5.82 Å². The summed E-state index contributed by atoms with van der Waals surface area (Å²) in [5, 5.41) is 4.38. The zero-order chi connectivity index (χ0) is 14.4. The third-order valence-corrected chi connectivity index (χ3v) is 3.35. The molecule has 0 saturated heterocycles. The Labute approximate surface area is 119 Å². The standard InChI is InChI=1S/C14H22N6/c1-3-20(4-2)10-9-16-13-11-7-5-6-8-12(11)17-14(18-13)19-15/h5-8H,3-4,9-10,15H2,1-2H3,(H2,16,17,18,19). The first-order chi connectivity index (χ1) is 9.78. The van der Waals surface area contributed by atoms with E-state index >= 15 is 0 Å². The first-order valence-electron chi connectivity index (χ1n) is 6.98. The Kier molecular flexibility index (Phi) is 5.09. The maximum absolute atomic E-state index is 5.42. The Bertz CT molecular complexity index is 552. The van der Waals surface area contributed by atoms with E-state index in [2.05, 4.69) is 39.5 Å². The molecular formula is C14H22N6. The molecule has 2 rings (SSSR count). The van der Waals surface area contributed by atoms with E-state index < -0.39 is 0 Å². The second-order valence-corrected chi connectivity index (χ2v) is 4.51. The average molecular weight is 274 g/mol. The minimum absolute atomic E-state index is 0.425. The van der Waals surface area contributed by atoms with Crippen LogP contribution in [0.5, 0.6) is 0 Å². The van der Waals surface area contributed by atoms with Crippen LogP contribution in [0.25, 0.3) is 10.9 Å². The number of nitrogen functional groups attached to an aromatic ring is 1. The normalized spacial score (nSPS) is 11.0. The van der Waals surface area contributed by atoms with E-state index in [4.69, 9.17) is 5.84 Å². The number of benzene rings is 1. The van der Waals surface area contributed by atoms with Crippen LogP contribution in [0.3, 0.4) is 0 Å². The average Bonchev–Trinajstić information content (AvgIpc) is 2.51. The van der Waals surface area contributed by atoms with Crippen molar-refractivity contribution in [3.63, 3.8) is 0 Å². The van der Waals surface area contributed by atoms with E-state index in [0.717, 1.165) is 42.9 Å². The molecule has 0 bridgehead atoms. The second kappa shape index (κ2) is 7.02. The van der Waals surface area contributed by atoms with Gasteiger partial charge in [-0.25, -0.2) is 10.8 Å². The molecule has 0 radical (unpaired) electrons. The van der Waals surface area contributed by atoms with Gasteiger partial charge in [-0.3, -0.25) is 5.43 Å². The van der Waals surface area contributed by atoms with Crippen LogP contribution in [0.1, 0.15) is 13.8 Å². The molecule has 0 fully saturated rings. The van der Waals surface area contributed by atoms with Gasteiger partial charge in [0.15, 0.2) is 0 Å². The van der Waals surface area contributed by atoms with Crippen molar-refractivity contribution < 1.29 is 0 Å². The molecule has 0 spiro atoms. The largest absolute Gasteiger partial charge is 0.368 e. The lowest BCUT2D eigenvalue weighted by Gasteiger charge is -2.18. The van der Waals surface area contributed by atoms with E-state index in [1.54, 1.807) is 0 Å². The minimum Gasteiger partial charge on any atom is -0.368 e. The topological polar surface area (TPSA) is 79.1 Å². The second-order valence-electron chi connectivity index (χ2n) is 4.51. The highest BCUT2D eigenvalue weighted by Crippen LogP contribution is 2.21. The number of anilines is 2. The van der Waals surface area contributed by atoms with Gasteiger partial charge in [-0.05, 0) is 25.2 Å². The summed E-state index contributed by atoms with van der Waals surface area (Å²) in [6.45, 7) is 8.26. The number of rotatable bonds is 7. The van der Waals surface area contributed by atoms with Gasteiger partial charge in [-0.2, -0.15) is 4.98 Å². The van der Waals surface area contributed by atoms with Gasteiger partial charge in [-0.1, -0.05) is 26.0 Å². The Morgan fingerprint density at radius 3 is 2.60 bits per heavy atom. The minimum atomic E-state index is 0.425. The van der Waals surface area contributed by atoms with Crippen LogP contribution >= 0.6 is 0 Å². The van der Waals surface area contributed by atoms with E-state index in [1.807, 2.05) is 24.3 Å². The summed E-state index contributed by atoms with van der Waals surface area (Å²) in [7, 11) is 0. The maximum atomic E-state index is 5.42. The van der Waals surface area contributed by atoms with Crippen molar-refractivity contribution in [2.24, 2.45) is 5.84 Å². The molecule has 0 aliphatic rings. The summed E-state index contributed by atoms with van der Waals surface area (Å²) in [6.07, 6.45) is 0. The lowest BCUT2D eigenvalue weighted by Crippen LogP contribution is -2.28. The predicted octanol–water partition coefficient (Wildman–Crippen LogP) is 1.67. The summed E-state index contributed by atoms with van der Waals surface area (Å²) < 4.78 is 0. The molecule has 0 atom stereocenters. The number of likely N-dealkylation sites (N-methyl/N-ethyl adjacent to an activating group) is 1. The first kappa shape index (κ1) is 14.5. The molecule has 0 amide bonds. The molecule has 0 aliphatic heterocycles. The highest BCUT2D eigenvalue weighted by molar-refractivity contribution is 5.89. The van der Waals surface area contributed by atoms with E-state index in [9.17, 15) is 0 Å². The summed E-state index contributed by atoms with van der Waals surface area (Å²) >= 11 is 0. The van der Waals surface area contributed by atoms with Crippen LogP contribution in [0.2, 0.25) is 0 Å². The fraction of sp³-hybridized carbons (Fsp3) is 0.429. The SMILES string of the molecule is CCN(CC)CCNc1nc(NN)nc2ccccc12. The first-order valence-corrected chi connectivity index (χ1v) is 6.98. The van der Waals surface area contributed by atoms with E-state index in [1.165, 1.54) is 0 Å². The molecule has 6 nitrogen and oxygen atoms in total. The molecule has 20 heavy (non-hydrogen) atoms. The quantitative estimate of drug-likeness (QED) is 0.526. The number of aromatic nitrogens is 2. The number of fused-ring (bicyclic) bond motifs is 1. The van der Waals surface area contributed by atoms with Crippen molar-refractivity contribution in [3.8, 4) is 0 Å². The highest BCUT2D eigenvalue weighted by atomic mass is 15.3.